The van der Waals surface area contributed by atoms with Crippen LogP contribution in [0, 0.1) is 5.92 Å². The first kappa shape index (κ1) is 14.1. The first-order valence-corrected chi connectivity index (χ1v) is 7.20. The molecular formula is C13H15BrClF2N. The maximum atomic E-state index is 13.3. The van der Waals surface area contributed by atoms with Crippen molar-refractivity contribution in [1.29, 1.82) is 0 Å². The van der Waals surface area contributed by atoms with E-state index in [2.05, 4.69) is 21.2 Å². The van der Waals surface area contributed by atoms with E-state index in [0.29, 0.717) is 18.0 Å². The van der Waals surface area contributed by atoms with Crippen LogP contribution >= 0.6 is 27.5 Å². The molecule has 1 fully saturated rings. The van der Waals surface area contributed by atoms with E-state index in [9.17, 15) is 8.78 Å². The zero-order chi connectivity index (χ0) is 13.2. The number of benzene rings is 1. The molecule has 100 valence electrons. The van der Waals surface area contributed by atoms with Crippen LogP contribution in [0.25, 0.3) is 0 Å². The molecule has 0 radical (unpaired) electrons. The number of alkyl halides is 2. The van der Waals surface area contributed by atoms with Gasteiger partial charge in [0.2, 0.25) is 5.92 Å². The second-order valence-corrected chi connectivity index (χ2v) is 6.11. The Hall–Kier alpha value is -0.350. The monoisotopic (exact) mass is 337 g/mol. The third-order valence-electron chi connectivity index (χ3n) is 3.25. The fraction of sp³-hybridized carbons (Fsp3) is 0.538. The molecule has 0 aromatic heterocycles. The Balaban J connectivity index is 1.91. The highest BCUT2D eigenvalue weighted by Crippen LogP contribution is 2.37. The van der Waals surface area contributed by atoms with E-state index >= 15 is 0 Å². The average molecular weight is 339 g/mol. The Labute approximate surface area is 119 Å². The Morgan fingerprint density at radius 3 is 2.89 bits per heavy atom. The Morgan fingerprint density at radius 1 is 1.44 bits per heavy atom. The van der Waals surface area contributed by atoms with Crippen molar-refractivity contribution in [2.24, 2.45) is 5.92 Å². The molecule has 0 heterocycles. The van der Waals surface area contributed by atoms with Crippen LogP contribution < -0.4 is 5.32 Å². The van der Waals surface area contributed by atoms with Gasteiger partial charge in [0.05, 0.1) is 0 Å². The molecule has 0 spiro atoms. The molecule has 0 bridgehead atoms. The van der Waals surface area contributed by atoms with Crippen LogP contribution in [0.4, 0.5) is 14.5 Å². The summed E-state index contributed by atoms with van der Waals surface area (Å²) in [5.41, 5.74) is 0.897. The lowest BCUT2D eigenvalue weighted by Gasteiger charge is -2.29. The first-order chi connectivity index (χ1) is 8.46. The predicted octanol–water partition coefficient (Wildman–Crippen LogP) is 5.34. The first-order valence-electron chi connectivity index (χ1n) is 6.03. The second kappa shape index (κ2) is 5.74. The fourth-order valence-electron chi connectivity index (χ4n) is 2.34. The van der Waals surface area contributed by atoms with Crippen LogP contribution in [0.3, 0.4) is 0 Å². The number of anilines is 1. The predicted molar refractivity (Wildman–Crippen MR) is 74.5 cm³/mol. The van der Waals surface area contributed by atoms with Gasteiger partial charge in [-0.05, 0) is 52.9 Å². The summed E-state index contributed by atoms with van der Waals surface area (Å²) in [6, 6.07) is 5.43. The Kier molecular flexibility index (Phi) is 4.49. The molecule has 0 amide bonds. The molecule has 18 heavy (non-hydrogen) atoms. The van der Waals surface area contributed by atoms with Gasteiger partial charge in [-0.3, -0.25) is 0 Å². The standard InChI is InChI=1S/C13H15BrClF2N/c14-11-6-10(15)3-4-12(11)18-8-9-2-1-5-13(16,17)7-9/h3-4,6,9,18H,1-2,5,7-8H2. The molecule has 1 aliphatic rings. The highest BCUT2D eigenvalue weighted by Gasteiger charge is 2.35. The van der Waals surface area contributed by atoms with Crippen LogP contribution in [0.1, 0.15) is 25.7 Å². The number of rotatable bonds is 3. The van der Waals surface area contributed by atoms with E-state index in [-0.39, 0.29) is 18.8 Å². The minimum atomic E-state index is -2.48. The average Bonchev–Trinajstić information content (AvgIpc) is 2.26. The number of hydrogen-bond acceptors (Lipinski definition) is 1. The lowest BCUT2D eigenvalue weighted by Crippen LogP contribution is -2.29. The Bertz CT molecular complexity index is 425. The van der Waals surface area contributed by atoms with Crippen LogP contribution in [-0.4, -0.2) is 12.5 Å². The molecule has 1 saturated carbocycles. The van der Waals surface area contributed by atoms with E-state index in [1.54, 1.807) is 12.1 Å². The molecule has 2 rings (SSSR count). The van der Waals surface area contributed by atoms with Crippen molar-refractivity contribution in [3.8, 4) is 0 Å². The van der Waals surface area contributed by atoms with Gasteiger partial charge in [-0.15, -0.1) is 0 Å². The van der Waals surface area contributed by atoms with Crippen molar-refractivity contribution in [3.05, 3.63) is 27.7 Å². The summed E-state index contributed by atoms with van der Waals surface area (Å²) in [5, 5.41) is 3.86. The fourth-order valence-corrected chi connectivity index (χ4v) is 3.16. The molecule has 1 N–H and O–H groups in total. The zero-order valence-electron chi connectivity index (χ0n) is 9.86. The van der Waals surface area contributed by atoms with Crippen molar-refractivity contribution in [3.63, 3.8) is 0 Å². The summed E-state index contributed by atoms with van der Waals surface area (Å²) < 4.78 is 27.4. The molecule has 0 aliphatic heterocycles. The molecule has 1 unspecified atom stereocenters. The van der Waals surface area contributed by atoms with Gasteiger partial charge in [-0.25, -0.2) is 8.78 Å². The van der Waals surface area contributed by atoms with Gasteiger partial charge >= 0.3 is 0 Å². The third-order valence-corrected chi connectivity index (χ3v) is 4.15. The van der Waals surface area contributed by atoms with Crippen molar-refractivity contribution in [1.82, 2.24) is 0 Å². The SMILES string of the molecule is FC1(F)CCCC(CNc2ccc(Cl)cc2Br)C1. The molecule has 5 heteroatoms. The third kappa shape index (κ3) is 3.82. The summed E-state index contributed by atoms with van der Waals surface area (Å²) >= 11 is 9.25. The zero-order valence-corrected chi connectivity index (χ0v) is 12.2. The molecule has 0 saturated heterocycles. The summed E-state index contributed by atoms with van der Waals surface area (Å²) in [4.78, 5) is 0. The minimum absolute atomic E-state index is 0.00872. The lowest BCUT2D eigenvalue weighted by atomic mass is 9.86. The van der Waals surface area contributed by atoms with Crippen molar-refractivity contribution in [2.75, 3.05) is 11.9 Å². The smallest absolute Gasteiger partial charge is 0.248 e. The van der Waals surface area contributed by atoms with Crippen LogP contribution in [0.5, 0.6) is 0 Å². The maximum absolute atomic E-state index is 13.3. The van der Waals surface area contributed by atoms with Gasteiger partial charge < -0.3 is 5.32 Å². The molecule has 1 nitrogen and oxygen atoms in total. The van der Waals surface area contributed by atoms with Crippen LogP contribution in [0.15, 0.2) is 22.7 Å². The highest BCUT2D eigenvalue weighted by molar-refractivity contribution is 9.10. The van der Waals surface area contributed by atoms with Crippen molar-refractivity contribution >= 4 is 33.2 Å². The van der Waals surface area contributed by atoms with Crippen LogP contribution in [0.2, 0.25) is 5.02 Å². The number of nitrogens with one attached hydrogen (secondary N) is 1. The van der Waals surface area contributed by atoms with Gasteiger partial charge in [-0.1, -0.05) is 11.6 Å². The topological polar surface area (TPSA) is 12.0 Å². The molecule has 1 aromatic rings. The van der Waals surface area contributed by atoms with Crippen molar-refractivity contribution in [2.45, 2.75) is 31.6 Å². The summed E-state index contributed by atoms with van der Waals surface area (Å²) in [7, 11) is 0. The van der Waals surface area contributed by atoms with Gasteiger partial charge in [-0.2, -0.15) is 0 Å². The normalized spacial score (nSPS) is 22.8. The van der Waals surface area contributed by atoms with Gasteiger partial charge in [0, 0.05) is 34.6 Å². The summed E-state index contributed by atoms with van der Waals surface area (Å²) in [5.74, 6) is -2.45. The quantitative estimate of drug-likeness (QED) is 0.784. The van der Waals surface area contributed by atoms with Gasteiger partial charge in [0.1, 0.15) is 0 Å². The molecule has 1 aromatic carbocycles. The number of hydrogen-bond donors (Lipinski definition) is 1. The largest absolute Gasteiger partial charge is 0.384 e. The summed E-state index contributed by atoms with van der Waals surface area (Å²) in [6.07, 6.45) is 1.51. The van der Waals surface area contributed by atoms with E-state index < -0.39 is 5.92 Å². The Morgan fingerprint density at radius 2 is 2.22 bits per heavy atom. The van der Waals surface area contributed by atoms with E-state index in [1.807, 2.05) is 6.07 Å². The number of halogens is 4. The molecular weight excluding hydrogens is 324 g/mol. The van der Waals surface area contributed by atoms with Crippen molar-refractivity contribution < 1.29 is 8.78 Å². The maximum Gasteiger partial charge on any atom is 0.248 e. The van der Waals surface area contributed by atoms with Gasteiger partial charge in [0.25, 0.3) is 0 Å². The van der Waals surface area contributed by atoms with Crippen LogP contribution in [-0.2, 0) is 0 Å². The van der Waals surface area contributed by atoms with E-state index in [4.69, 9.17) is 11.6 Å². The van der Waals surface area contributed by atoms with E-state index in [1.165, 1.54) is 0 Å². The lowest BCUT2D eigenvalue weighted by molar-refractivity contribution is -0.0502. The second-order valence-electron chi connectivity index (χ2n) is 4.82. The van der Waals surface area contributed by atoms with Gasteiger partial charge in [0.15, 0.2) is 0 Å². The highest BCUT2D eigenvalue weighted by atomic mass is 79.9. The summed E-state index contributed by atoms with van der Waals surface area (Å²) in [6.45, 7) is 0.579. The molecule has 1 aliphatic carbocycles. The molecule has 1 atom stereocenters. The minimum Gasteiger partial charge on any atom is -0.384 e. The van der Waals surface area contributed by atoms with E-state index in [0.717, 1.165) is 16.6 Å².